The summed E-state index contributed by atoms with van der Waals surface area (Å²) in [5.74, 6) is -0.809. The summed E-state index contributed by atoms with van der Waals surface area (Å²) in [7, 11) is 1.34. The molecule has 6 heteroatoms. The lowest BCUT2D eigenvalue weighted by Crippen LogP contribution is -2.33. The van der Waals surface area contributed by atoms with Gasteiger partial charge in [-0.3, -0.25) is 14.4 Å². The Kier molecular flexibility index (Phi) is 5.95. The van der Waals surface area contributed by atoms with Crippen molar-refractivity contribution in [1.29, 1.82) is 0 Å². The van der Waals surface area contributed by atoms with E-state index in [1.807, 2.05) is 32.0 Å². The van der Waals surface area contributed by atoms with Crippen LogP contribution < -0.4 is 10.2 Å². The highest BCUT2D eigenvalue weighted by Gasteiger charge is 2.35. The lowest BCUT2D eigenvalue weighted by Gasteiger charge is -2.20. The average Bonchev–Trinajstić information content (AvgIpc) is 2.95. The van der Waals surface area contributed by atoms with Crippen molar-refractivity contribution in [1.82, 2.24) is 5.32 Å². The maximum atomic E-state index is 12.3. The molecule has 0 aliphatic carbocycles. The van der Waals surface area contributed by atoms with Gasteiger partial charge in [0, 0.05) is 31.6 Å². The van der Waals surface area contributed by atoms with E-state index in [9.17, 15) is 14.4 Å². The van der Waals surface area contributed by atoms with Gasteiger partial charge >= 0.3 is 5.97 Å². The molecule has 130 valence electrons. The number of rotatable bonds is 6. The van der Waals surface area contributed by atoms with Gasteiger partial charge in [-0.15, -0.1) is 0 Å². The molecular formula is C18H24N2O4. The lowest BCUT2D eigenvalue weighted by molar-refractivity contribution is -0.140. The largest absolute Gasteiger partial charge is 0.469 e. The number of carbonyl (C=O) groups excluding carboxylic acids is 3. The van der Waals surface area contributed by atoms with Gasteiger partial charge in [-0.1, -0.05) is 12.1 Å². The molecule has 1 aliphatic rings. The molecule has 1 atom stereocenters. The summed E-state index contributed by atoms with van der Waals surface area (Å²) in [4.78, 5) is 37.2. The highest BCUT2D eigenvalue weighted by atomic mass is 16.5. The second kappa shape index (κ2) is 7.95. The van der Waals surface area contributed by atoms with E-state index >= 15 is 0 Å². The van der Waals surface area contributed by atoms with Crippen LogP contribution in [0.2, 0.25) is 0 Å². The van der Waals surface area contributed by atoms with E-state index in [4.69, 9.17) is 0 Å². The summed E-state index contributed by atoms with van der Waals surface area (Å²) >= 11 is 0. The first kappa shape index (κ1) is 18.0. The Bertz CT molecular complexity index is 642. The van der Waals surface area contributed by atoms with E-state index < -0.39 is 0 Å². The third-order valence-electron chi connectivity index (χ3n) is 4.45. The predicted molar refractivity (Wildman–Crippen MR) is 90.6 cm³/mol. The van der Waals surface area contributed by atoms with Gasteiger partial charge in [-0.25, -0.2) is 0 Å². The zero-order chi connectivity index (χ0) is 17.7. The Hall–Kier alpha value is -2.37. The van der Waals surface area contributed by atoms with Crippen LogP contribution in [0.25, 0.3) is 0 Å². The van der Waals surface area contributed by atoms with Gasteiger partial charge in [-0.05, 0) is 37.5 Å². The fraction of sp³-hybridized carbons (Fsp3) is 0.500. The first-order chi connectivity index (χ1) is 11.4. The minimum Gasteiger partial charge on any atom is -0.469 e. The van der Waals surface area contributed by atoms with Gasteiger partial charge in [0.2, 0.25) is 11.8 Å². The van der Waals surface area contributed by atoms with Crippen molar-refractivity contribution in [3.05, 3.63) is 29.3 Å². The SMILES string of the molecule is COC(=O)CCCNC(=O)C1CC(=O)N(c2cccc(C)c2C)C1. The van der Waals surface area contributed by atoms with Crippen LogP contribution in [-0.4, -0.2) is 38.0 Å². The van der Waals surface area contributed by atoms with Crippen molar-refractivity contribution >= 4 is 23.5 Å². The molecule has 6 nitrogen and oxygen atoms in total. The van der Waals surface area contributed by atoms with Gasteiger partial charge in [0.1, 0.15) is 0 Å². The molecule has 0 radical (unpaired) electrons. The molecule has 0 saturated carbocycles. The quantitative estimate of drug-likeness (QED) is 0.636. The number of hydrogen-bond acceptors (Lipinski definition) is 4. The highest BCUT2D eigenvalue weighted by molar-refractivity contribution is 6.00. The summed E-state index contributed by atoms with van der Waals surface area (Å²) in [5, 5.41) is 2.80. The first-order valence-electron chi connectivity index (χ1n) is 8.15. The number of nitrogens with zero attached hydrogens (tertiary/aromatic N) is 1. The van der Waals surface area contributed by atoms with Crippen LogP contribution in [0.3, 0.4) is 0 Å². The number of esters is 1. The van der Waals surface area contributed by atoms with Crippen molar-refractivity contribution in [2.45, 2.75) is 33.1 Å². The molecule has 1 saturated heterocycles. The van der Waals surface area contributed by atoms with Crippen LogP contribution in [-0.2, 0) is 19.1 Å². The van der Waals surface area contributed by atoms with Crippen LogP contribution in [0.1, 0.15) is 30.4 Å². The van der Waals surface area contributed by atoms with Gasteiger partial charge in [0.25, 0.3) is 0 Å². The third-order valence-corrected chi connectivity index (χ3v) is 4.45. The standard InChI is InChI=1S/C18H24N2O4/c1-12-6-4-7-15(13(12)2)20-11-14(10-16(20)21)18(23)19-9-5-8-17(22)24-3/h4,6-7,14H,5,8-11H2,1-3H3,(H,19,23). The van der Waals surface area contributed by atoms with Gasteiger partial charge in [0.15, 0.2) is 0 Å². The number of ether oxygens (including phenoxy) is 1. The molecule has 1 heterocycles. The van der Waals surface area contributed by atoms with Crippen molar-refractivity contribution in [2.75, 3.05) is 25.1 Å². The maximum Gasteiger partial charge on any atom is 0.305 e. The van der Waals surface area contributed by atoms with Crippen molar-refractivity contribution in [3.63, 3.8) is 0 Å². The molecule has 0 bridgehead atoms. The summed E-state index contributed by atoms with van der Waals surface area (Å²) in [6.45, 7) is 4.79. The summed E-state index contributed by atoms with van der Waals surface area (Å²) in [6.07, 6.45) is 1.02. The van der Waals surface area contributed by atoms with Crippen LogP contribution >= 0.6 is 0 Å². The van der Waals surface area contributed by atoms with Crippen molar-refractivity contribution in [3.8, 4) is 0 Å². The third kappa shape index (κ3) is 4.13. The summed E-state index contributed by atoms with van der Waals surface area (Å²) in [5.41, 5.74) is 3.06. The van der Waals surface area contributed by atoms with Crippen molar-refractivity contribution < 1.29 is 19.1 Å². The van der Waals surface area contributed by atoms with E-state index in [-0.39, 0.29) is 36.5 Å². The normalized spacial score (nSPS) is 17.0. The summed E-state index contributed by atoms with van der Waals surface area (Å²) < 4.78 is 4.55. The molecule has 2 amide bonds. The molecule has 24 heavy (non-hydrogen) atoms. The van der Waals surface area contributed by atoms with Crippen LogP contribution in [0.5, 0.6) is 0 Å². The smallest absolute Gasteiger partial charge is 0.305 e. The first-order valence-corrected chi connectivity index (χ1v) is 8.15. The molecular weight excluding hydrogens is 308 g/mol. The molecule has 1 aromatic carbocycles. The van der Waals surface area contributed by atoms with E-state index in [0.717, 1.165) is 16.8 Å². The van der Waals surface area contributed by atoms with E-state index in [0.29, 0.717) is 19.5 Å². The Morgan fingerprint density at radius 2 is 2.08 bits per heavy atom. The number of methoxy groups -OCH3 is 1. The topological polar surface area (TPSA) is 75.7 Å². The van der Waals surface area contributed by atoms with E-state index in [2.05, 4.69) is 10.1 Å². The molecule has 1 N–H and O–H groups in total. The second-order valence-corrected chi connectivity index (χ2v) is 6.10. The Balaban J connectivity index is 1.91. The zero-order valence-corrected chi connectivity index (χ0v) is 14.4. The molecule has 1 fully saturated rings. The second-order valence-electron chi connectivity index (χ2n) is 6.10. The van der Waals surface area contributed by atoms with Crippen LogP contribution in [0, 0.1) is 19.8 Å². The van der Waals surface area contributed by atoms with Gasteiger partial charge < -0.3 is 15.0 Å². The number of nitrogens with one attached hydrogen (secondary N) is 1. The molecule has 1 aliphatic heterocycles. The number of hydrogen-bond donors (Lipinski definition) is 1. The number of benzene rings is 1. The van der Waals surface area contributed by atoms with Gasteiger partial charge in [-0.2, -0.15) is 0 Å². The van der Waals surface area contributed by atoms with Crippen LogP contribution in [0.4, 0.5) is 5.69 Å². The Morgan fingerprint density at radius 1 is 1.33 bits per heavy atom. The Labute approximate surface area is 142 Å². The van der Waals surface area contributed by atoms with Crippen molar-refractivity contribution in [2.24, 2.45) is 5.92 Å². The minimum absolute atomic E-state index is 0.0292. The fourth-order valence-corrected chi connectivity index (χ4v) is 2.83. The molecule has 0 aromatic heterocycles. The number of aryl methyl sites for hydroxylation is 1. The fourth-order valence-electron chi connectivity index (χ4n) is 2.83. The number of carbonyl (C=O) groups is 3. The highest BCUT2D eigenvalue weighted by Crippen LogP contribution is 2.29. The minimum atomic E-state index is -0.351. The summed E-state index contributed by atoms with van der Waals surface area (Å²) in [6, 6.07) is 5.84. The number of anilines is 1. The van der Waals surface area contributed by atoms with Crippen LogP contribution in [0.15, 0.2) is 18.2 Å². The maximum absolute atomic E-state index is 12.3. The average molecular weight is 332 g/mol. The van der Waals surface area contributed by atoms with E-state index in [1.54, 1.807) is 4.90 Å². The predicted octanol–water partition coefficient (Wildman–Crippen LogP) is 1.73. The number of amides is 2. The molecule has 1 aromatic rings. The lowest BCUT2D eigenvalue weighted by atomic mass is 10.1. The monoisotopic (exact) mass is 332 g/mol. The molecule has 2 rings (SSSR count). The molecule has 0 spiro atoms. The van der Waals surface area contributed by atoms with Gasteiger partial charge in [0.05, 0.1) is 13.0 Å². The van der Waals surface area contributed by atoms with E-state index in [1.165, 1.54) is 7.11 Å². The molecule has 1 unspecified atom stereocenters. The Morgan fingerprint density at radius 3 is 2.79 bits per heavy atom. The zero-order valence-electron chi connectivity index (χ0n) is 14.4.